The number of ketones is 1. The van der Waals surface area contributed by atoms with Crippen LogP contribution >= 0.6 is 11.6 Å². The average Bonchev–Trinajstić information content (AvgIpc) is 2.62. The number of allylic oxidation sites excluding steroid dienone is 1. The van der Waals surface area contributed by atoms with E-state index >= 15 is 0 Å². The molecule has 23 heavy (non-hydrogen) atoms. The molecule has 0 saturated carbocycles. The number of rotatable bonds is 4. The molecule has 1 aliphatic heterocycles. The van der Waals surface area contributed by atoms with E-state index in [0.717, 1.165) is 37.6 Å². The van der Waals surface area contributed by atoms with Crippen LogP contribution in [0.25, 0.3) is 6.08 Å². The van der Waals surface area contributed by atoms with Crippen LogP contribution in [-0.2, 0) is 4.74 Å². The van der Waals surface area contributed by atoms with Crippen molar-refractivity contribution < 1.29 is 9.53 Å². The van der Waals surface area contributed by atoms with Crippen molar-refractivity contribution in [3.8, 4) is 0 Å². The summed E-state index contributed by atoms with van der Waals surface area (Å²) in [6, 6.07) is 15.2. The number of morpholine rings is 1. The second-order valence-electron chi connectivity index (χ2n) is 5.37. The molecule has 0 unspecified atom stereocenters. The molecule has 1 fully saturated rings. The van der Waals surface area contributed by atoms with Crippen LogP contribution in [0.2, 0.25) is 5.02 Å². The van der Waals surface area contributed by atoms with Crippen LogP contribution in [-0.4, -0.2) is 32.1 Å². The number of hydrogen-bond acceptors (Lipinski definition) is 3. The predicted octanol–water partition coefficient (Wildman–Crippen LogP) is 4.07. The van der Waals surface area contributed by atoms with Crippen molar-refractivity contribution in [2.24, 2.45) is 0 Å². The Labute approximate surface area is 141 Å². The predicted molar refractivity (Wildman–Crippen MR) is 94.3 cm³/mol. The number of ether oxygens (including phenoxy) is 1. The molecule has 1 heterocycles. The summed E-state index contributed by atoms with van der Waals surface area (Å²) >= 11 is 6.08. The largest absolute Gasteiger partial charge is 0.378 e. The van der Waals surface area contributed by atoms with Crippen LogP contribution in [0, 0.1) is 0 Å². The van der Waals surface area contributed by atoms with Gasteiger partial charge >= 0.3 is 0 Å². The van der Waals surface area contributed by atoms with Crippen molar-refractivity contribution in [1.29, 1.82) is 0 Å². The van der Waals surface area contributed by atoms with Crippen molar-refractivity contribution >= 4 is 29.1 Å². The Morgan fingerprint density at radius 2 is 1.74 bits per heavy atom. The fourth-order valence-corrected chi connectivity index (χ4v) is 2.73. The summed E-state index contributed by atoms with van der Waals surface area (Å²) in [6.07, 6.45) is 3.31. The molecule has 0 aromatic heterocycles. The van der Waals surface area contributed by atoms with Gasteiger partial charge in [-0.25, -0.2) is 0 Å². The normalized spacial score (nSPS) is 15.1. The smallest absolute Gasteiger partial charge is 0.185 e. The zero-order valence-corrected chi connectivity index (χ0v) is 13.5. The molecule has 1 aliphatic rings. The van der Waals surface area contributed by atoms with Gasteiger partial charge in [-0.15, -0.1) is 0 Å². The summed E-state index contributed by atoms with van der Waals surface area (Å²) in [7, 11) is 0. The highest BCUT2D eigenvalue weighted by Crippen LogP contribution is 2.19. The first kappa shape index (κ1) is 15.8. The van der Waals surface area contributed by atoms with Gasteiger partial charge in [0.15, 0.2) is 5.78 Å². The SMILES string of the molecule is O=C(/C=C/c1ccccc1Cl)c1ccc(N2CCOCC2)cc1. The minimum absolute atomic E-state index is 0.0292. The lowest BCUT2D eigenvalue weighted by molar-refractivity contribution is 0.104. The van der Waals surface area contributed by atoms with E-state index in [9.17, 15) is 4.79 Å². The zero-order valence-electron chi connectivity index (χ0n) is 12.7. The zero-order chi connectivity index (χ0) is 16.1. The van der Waals surface area contributed by atoms with Gasteiger partial charge in [-0.2, -0.15) is 0 Å². The van der Waals surface area contributed by atoms with Crippen molar-refractivity contribution in [2.75, 3.05) is 31.2 Å². The van der Waals surface area contributed by atoms with Gasteiger partial charge in [-0.05, 0) is 48.0 Å². The van der Waals surface area contributed by atoms with E-state index in [1.807, 2.05) is 48.5 Å². The lowest BCUT2D eigenvalue weighted by Gasteiger charge is -2.28. The number of hydrogen-bond donors (Lipinski definition) is 0. The van der Waals surface area contributed by atoms with Crippen molar-refractivity contribution in [3.05, 3.63) is 70.8 Å². The van der Waals surface area contributed by atoms with E-state index in [1.54, 1.807) is 12.2 Å². The van der Waals surface area contributed by atoms with Gasteiger partial charge in [-0.1, -0.05) is 29.8 Å². The van der Waals surface area contributed by atoms with Crippen LogP contribution in [0.5, 0.6) is 0 Å². The van der Waals surface area contributed by atoms with E-state index in [1.165, 1.54) is 0 Å². The Hall–Kier alpha value is -2.10. The summed E-state index contributed by atoms with van der Waals surface area (Å²) in [5, 5.41) is 0.638. The Morgan fingerprint density at radius 1 is 1.04 bits per heavy atom. The summed E-state index contributed by atoms with van der Waals surface area (Å²) < 4.78 is 5.35. The molecule has 118 valence electrons. The summed E-state index contributed by atoms with van der Waals surface area (Å²) in [5.41, 5.74) is 2.64. The number of anilines is 1. The number of halogens is 1. The molecular formula is C19H18ClNO2. The lowest BCUT2D eigenvalue weighted by atomic mass is 10.1. The number of benzene rings is 2. The van der Waals surface area contributed by atoms with E-state index < -0.39 is 0 Å². The molecule has 0 atom stereocenters. The fraction of sp³-hybridized carbons (Fsp3) is 0.211. The molecule has 2 aromatic carbocycles. The Bertz CT molecular complexity index is 704. The van der Waals surface area contributed by atoms with Crippen molar-refractivity contribution in [1.82, 2.24) is 0 Å². The lowest BCUT2D eigenvalue weighted by Crippen LogP contribution is -2.36. The highest BCUT2D eigenvalue weighted by molar-refractivity contribution is 6.32. The van der Waals surface area contributed by atoms with E-state index in [2.05, 4.69) is 4.90 Å². The molecule has 0 radical (unpaired) electrons. The quantitative estimate of drug-likeness (QED) is 0.626. The third-order valence-electron chi connectivity index (χ3n) is 3.85. The second-order valence-corrected chi connectivity index (χ2v) is 5.77. The van der Waals surface area contributed by atoms with Crippen molar-refractivity contribution in [2.45, 2.75) is 0 Å². The van der Waals surface area contributed by atoms with Gasteiger partial charge in [0, 0.05) is 29.4 Å². The maximum Gasteiger partial charge on any atom is 0.185 e. The average molecular weight is 328 g/mol. The number of carbonyl (C=O) groups excluding carboxylic acids is 1. The first-order valence-corrected chi connectivity index (χ1v) is 8.01. The van der Waals surface area contributed by atoms with E-state index in [0.29, 0.717) is 10.6 Å². The fourth-order valence-electron chi connectivity index (χ4n) is 2.53. The second kappa shape index (κ2) is 7.44. The highest BCUT2D eigenvalue weighted by atomic mass is 35.5. The Morgan fingerprint density at radius 3 is 2.43 bits per heavy atom. The van der Waals surface area contributed by atoms with Gasteiger partial charge in [0.05, 0.1) is 13.2 Å². The summed E-state index contributed by atoms with van der Waals surface area (Å²) in [4.78, 5) is 14.5. The molecule has 0 spiro atoms. The maximum atomic E-state index is 12.3. The third kappa shape index (κ3) is 4.01. The monoisotopic (exact) mass is 327 g/mol. The number of nitrogens with zero attached hydrogens (tertiary/aromatic N) is 1. The number of carbonyl (C=O) groups is 1. The Kier molecular flexibility index (Phi) is 5.11. The standard InChI is InChI=1S/C19H18ClNO2/c20-18-4-2-1-3-15(18)7-10-19(22)16-5-8-17(9-6-16)21-11-13-23-14-12-21/h1-10H,11-14H2/b10-7+. The first-order chi connectivity index (χ1) is 11.2. The molecule has 0 N–H and O–H groups in total. The van der Waals surface area contributed by atoms with Crippen molar-refractivity contribution in [3.63, 3.8) is 0 Å². The van der Waals surface area contributed by atoms with Gasteiger partial charge in [0.2, 0.25) is 0 Å². The van der Waals surface area contributed by atoms with Crippen LogP contribution in [0.4, 0.5) is 5.69 Å². The van der Waals surface area contributed by atoms with Crippen LogP contribution in [0.3, 0.4) is 0 Å². The molecule has 0 aliphatic carbocycles. The summed E-state index contributed by atoms with van der Waals surface area (Å²) in [5.74, 6) is -0.0292. The van der Waals surface area contributed by atoms with E-state index in [-0.39, 0.29) is 5.78 Å². The topological polar surface area (TPSA) is 29.5 Å². The van der Waals surface area contributed by atoms with Gasteiger partial charge in [0.1, 0.15) is 0 Å². The molecule has 0 bridgehead atoms. The third-order valence-corrected chi connectivity index (χ3v) is 4.19. The van der Waals surface area contributed by atoms with Crippen LogP contribution in [0.15, 0.2) is 54.6 Å². The van der Waals surface area contributed by atoms with Gasteiger partial charge < -0.3 is 9.64 Å². The molecule has 3 nitrogen and oxygen atoms in total. The minimum atomic E-state index is -0.0292. The maximum absolute atomic E-state index is 12.3. The first-order valence-electron chi connectivity index (χ1n) is 7.64. The highest BCUT2D eigenvalue weighted by Gasteiger charge is 2.11. The Balaban J connectivity index is 1.69. The molecule has 4 heteroatoms. The molecule has 1 saturated heterocycles. The summed E-state index contributed by atoms with van der Waals surface area (Å²) in [6.45, 7) is 3.28. The molecular weight excluding hydrogens is 310 g/mol. The van der Waals surface area contributed by atoms with Gasteiger partial charge in [0.25, 0.3) is 0 Å². The molecule has 3 rings (SSSR count). The van der Waals surface area contributed by atoms with Crippen LogP contribution < -0.4 is 4.90 Å². The van der Waals surface area contributed by atoms with E-state index in [4.69, 9.17) is 16.3 Å². The van der Waals surface area contributed by atoms with Crippen LogP contribution in [0.1, 0.15) is 15.9 Å². The molecule has 0 amide bonds. The molecule has 2 aromatic rings. The van der Waals surface area contributed by atoms with Gasteiger partial charge in [-0.3, -0.25) is 4.79 Å². The minimum Gasteiger partial charge on any atom is -0.378 e.